The van der Waals surface area contributed by atoms with Crippen LogP contribution in [0.15, 0.2) is 115 Å². The number of carbonyl (C=O) groups excluding carboxylic acids is 5. The SMILES string of the molecule is C[C@H](NC(=O)[C@H](Cc1ccccc1)NC(=O)OCc1ccccc1)C(=O)N[C@@H](Cc1ccccc1)C(=O)N[C@@H](Cc1ccc(O)cc1)C(N)=O. The molecule has 260 valence electrons. The third-order valence-electron chi connectivity index (χ3n) is 7.81. The highest BCUT2D eigenvalue weighted by molar-refractivity contribution is 5.95. The van der Waals surface area contributed by atoms with Crippen molar-refractivity contribution >= 4 is 29.7 Å². The van der Waals surface area contributed by atoms with Gasteiger partial charge in [-0.25, -0.2) is 4.79 Å². The van der Waals surface area contributed by atoms with Crippen LogP contribution < -0.4 is 27.0 Å². The largest absolute Gasteiger partial charge is 0.508 e. The van der Waals surface area contributed by atoms with Crippen molar-refractivity contribution < 1.29 is 33.8 Å². The van der Waals surface area contributed by atoms with Crippen molar-refractivity contribution in [2.75, 3.05) is 0 Å². The third kappa shape index (κ3) is 11.8. The molecular weight excluding hydrogens is 638 g/mol. The smallest absolute Gasteiger partial charge is 0.408 e. The summed E-state index contributed by atoms with van der Waals surface area (Å²) in [6.07, 6.45) is -0.549. The summed E-state index contributed by atoms with van der Waals surface area (Å²) >= 11 is 0. The van der Waals surface area contributed by atoms with Gasteiger partial charge in [0.2, 0.25) is 23.6 Å². The zero-order chi connectivity index (χ0) is 35.9. The molecular formula is C38H41N5O7. The van der Waals surface area contributed by atoms with Gasteiger partial charge in [0.1, 0.15) is 36.5 Å². The number of hydrogen-bond acceptors (Lipinski definition) is 7. The average Bonchev–Trinajstić information content (AvgIpc) is 3.12. The van der Waals surface area contributed by atoms with E-state index in [1.165, 1.54) is 19.1 Å². The van der Waals surface area contributed by atoms with Crippen molar-refractivity contribution in [2.45, 2.75) is 57.0 Å². The van der Waals surface area contributed by atoms with E-state index in [9.17, 15) is 29.1 Å². The van der Waals surface area contributed by atoms with Crippen LogP contribution in [-0.4, -0.2) is 59.0 Å². The second-order valence-corrected chi connectivity index (χ2v) is 11.8. The van der Waals surface area contributed by atoms with Gasteiger partial charge < -0.3 is 36.8 Å². The van der Waals surface area contributed by atoms with Crippen LogP contribution in [0.2, 0.25) is 0 Å². The van der Waals surface area contributed by atoms with Gasteiger partial charge in [0.25, 0.3) is 0 Å². The molecule has 0 unspecified atom stereocenters. The van der Waals surface area contributed by atoms with Gasteiger partial charge in [0, 0.05) is 19.3 Å². The average molecular weight is 680 g/mol. The topological polar surface area (TPSA) is 189 Å². The molecule has 4 aromatic rings. The number of phenols is 1. The normalized spacial score (nSPS) is 13.1. The van der Waals surface area contributed by atoms with Crippen LogP contribution in [-0.2, 0) is 49.8 Å². The Labute approximate surface area is 290 Å². The Morgan fingerprint density at radius 3 is 1.50 bits per heavy atom. The number of alkyl carbamates (subject to hydrolysis) is 1. The number of phenolic OH excluding ortho intramolecular Hbond substituents is 1. The molecule has 4 atom stereocenters. The molecule has 4 aromatic carbocycles. The molecule has 50 heavy (non-hydrogen) atoms. The van der Waals surface area contributed by atoms with Gasteiger partial charge >= 0.3 is 6.09 Å². The fourth-order valence-corrected chi connectivity index (χ4v) is 5.06. The van der Waals surface area contributed by atoms with Crippen LogP contribution in [0.25, 0.3) is 0 Å². The summed E-state index contributed by atoms with van der Waals surface area (Å²) in [5.41, 5.74) is 8.53. The Kier molecular flexibility index (Phi) is 13.5. The van der Waals surface area contributed by atoms with Crippen LogP contribution in [0.1, 0.15) is 29.2 Å². The lowest BCUT2D eigenvalue weighted by atomic mass is 10.0. The summed E-state index contributed by atoms with van der Waals surface area (Å²) in [6.45, 7) is 1.45. The molecule has 0 aromatic heterocycles. The van der Waals surface area contributed by atoms with E-state index in [0.717, 1.165) is 16.7 Å². The number of hydrogen-bond donors (Lipinski definition) is 6. The number of primary amides is 1. The highest BCUT2D eigenvalue weighted by Gasteiger charge is 2.30. The van der Waals surface area contributed by atoms with Gasteiger partial charge in [-0.3, -0.25) is 19.2 Å². The molecule has 5 amide bonds. The molecule has 0 radical (unpaired) electrons. The molecule has 0 saturated carbocycles. The minimum atomic E-state index is -1.14. The summed E-state index contributed by atoms with van der Waals surface area (Å²) in [5.74, 6) is -2.71. The predicted octanol–water partition coefficient (Wildman–Crippen LogP) is 2.67. The Bertz CT molecular complexity index is 1720. The van der Waals surface area contributed by atoms with Gasteiger partial charge in [-0.2, -0.15) is 0 Å². The second kappa shape index (κ2) is 18.4. The number of ether oxygens (including phenoxy) is 1. The predicted molar refractivity (Wildman–Crippen MR) is 186 cm³/mol. The maximum absolute atomic E-state index is 13.6. The minimum Gasteiger partial charge on any atom is -0.508 e. The highest BCUT2D eigenvalue weighted by atomic mass is 16.5. The first-order chi connectivity index (χ1) is 24.1. The summed E-state index contributed by atoms with van der Waals surface area (Å²) in [6, 6.07) is 28.8. The van der Waals surface area contributed by atoms with Crippen LogP contribution in [0.3, 0.4) is 0 Å². The third-order valence-corrected chi connectivity index (χ3v) is 7.81. The zero-order valence-corrected chi connectivity index (χ0v) is 27.6. The van der Waals surface area contributed by atoms with Gasteiger partial charge in [-0.1, -0.05) is 103 Å². The van der Waals surface area contributed by atoms with E-state index >= 15 is 0 Å². The molecule has 0 saturated heterocycles. The van der Waals surface area contributed by atoms with Crippen molar-refractivity contribution in [1.29, 1.82) is 0 Å². The van der Waals surface area contributed by atoms with E-state index in [4.69, 9.17) is 10.5 Å². The van der Waals surface area contributed by atoms with Gasteiger partial charge in [-0.15, -0.1) is 0 Å². The van der Waals surface area contributed by atoms with E-state index in [1.54, 1.807) is 72.8 Å². The number of amides is 5. The molecule has 0 bridgehead atoms. The number of aromatic hydroxyl groups is 1. The Balaban J connectivity index is 1.44. The highest BCUT2D eigenvalue weighted by Crippen LogP contribution is 2.12. The number of benzene rings is 4. The maximum atomic E-state index is 13.6. The molecule has 0 fully saturated rings. The molecule has 7 N–H and O–H groups in total. The molecule has 0 aliphatic carbocycles. The fourth-order valence-electron chi connectivity index (χ4n) is 5.06. The molecule has 0 aliphatic rings. The van der Waals surface area contributed by atoms with Crippen LogP contribution >= 0.6 is 0 Å². The van der Waals surface area contributed by atoms with E-state index in [2.05, 4.69) is 21.3 Å². The lowest BCUT2D eigenvalue weighted by Gasteiger charge is -2.25. The van der Waals surface area contributed by atoms with Crippen molar-refractivity contribution in [3.8, 4) is 5.75 Å². The second-order valence-electron chi connectivity index (χ2n) is 11.8. The lowest BCUT2D eigenvalue weighted by Crippen LogP contribution is -2.58. The lowest BCUT2D eigenvalue weighted by molar-refractivity contribution is -0.133. The van der Waals surface area contributed by atoms with Crippen molar-refractivity contribution in [3.05, 3.63) is 138 Å². The zero-order valence-electron chi connectivity index (χ0n) is 27.6. The van der Waals surface area contributed by atoms with Gasteiger partial charge in [0.05, 0.1) is 0 Å². The quantitative estimate of drug-likeness (QED) is 0.105. The number of rotatable bonds is 16. The summed E-state index contributed by atoms with van der Waals surface area (Å²) in [7, 11) is 0. The molecule has 0 heterocycles. The fraction of sp³-hybridized carbons (Fsp3) is 0.237. The molecule has 0 aliphatic heterocycles. The van der Waals surface area contributed by atoms with Crippen LogP contribution in [0.5, 0.6) is 5.75 Å². The first-order valence-corrected chi connectivity index (χ1v) is 16.1. The van der Waals surface area contributed by atoms with E-state index in [-0.39, 0.29) is 31.6 Å². The number of carbonyl (C=O) groups is 5. The molecule has 12 heteroatoms. The summed E-state index contributed by atoms with van der Waals surface area (Å²) in [5, 5.41) is 20.1. The van der Waals surface area contributed by atoms with Crippen molar-refractivity contribution in [3.63, 3.8) is 0 Å². The van der Waals surface area contributed by atoms with Gasteiger partial charge in [0.15, 0.2) is 0 Å². The van der Waals surface area contributed by atoms with Crippen molar-refractivity contribution in [1.82, 2.24) is 21.3 Å². The number of nitrogens with one attached hydrogen (secondary N) is 4. The molecule has 4 rings (SSSR count). The molecule has 12 nitrogen and oxygen atoms in total. The summed E-state index contributed by atoms with van der Waals surface area (Å²) in [4.78, 5) is 65.5. The Morgan fingerprint density at radius 2 is 0.980 bits per heavy atom. The van der Waals surface area contributed by atoms with Gasteiger partial charge in [-0.05, 0) is 41.3 Å². The van der Waals surface area contributed by atoms with E-state index in [1.807, 2.05) is 30.3 Å². The van der Waals surface area contributed by atoms with E-state index < -0.39 is 53.9 Å². The number of nitrogens with two attached hydrogens (primary N) is 1. The van der Waals surface area contributed by atoms with Crippen LogP contribution in [0, 0.1) is 0 Å². The minimum absolute atomic E-state index is 0.00156. The standard InChI is InChI=1S/C38H41N5O7/c1-25(40-36(47)33(23-27-13-7-3-8-14-27)43-38(49)50-24-29-15-9-4-10-16-29)35(46)42-32(22-26-11-5-2-6-12-26)37(48)41-31(34(39)45)21-28-17-19-30(44)20-18-28/h2-20,25,31-33,44H,21-24H2,1H3,(H2,39,45)(H,40,47)(H,41,48)(H,42,46)(H,43,49)/t25-,31-,32-,33-/m0/s1. The first kappa shape index (κ1) is 36.7. The van der Waals surface area contributed by atoms with Crippen LogP contribution in [0.4, 0.5) is 4.79 Å². The van der Waals surface area contributed by atoms with E-state index in [0.29, 0.717) is 5.56 Å². The molecule has 0 spiro atoms. The Hall–Kier alpha value is -6.17. The monoisotopic (exact) mass is 679 g/mol. The maximum Gasteiger partial charge on any atom is 0.408 e. The Morgan fingerprint density at radius 1 is 0.560 bits per heavy atom. The summed E-state index contributed by atoms with van der Waals surface area (Å²) < 4.78 is 5.33. The van der Waals surface area contributed by atoms with Crippen molar-refractivity contribution in [2.24, 2.45) is 5.73 Å². The first-order valence-electron chi connectivity index (χ1n) is 16.1.